The van der Waals surface area contributed by atoms with Gasteiger partial charge in [0.2, 0.25) is 0 Å². The minimum Gasteiger partial charge on any atom is -0.376 e. The molecule has 0 aliphatic heterocycles. The molecule has 0 unspecified atom stereocenters. The first-order valence-corrected chi connectivity index (χ1v) is 5.60. The zero-order valence-electron chi connectivity index (χ0n) is 7.14. The molecule has 0 atom stereocenters. The van der Waals surface area contributed by atoms with Gasteiger partial charge in [-0.1, -0.05) is 0 Å². The lowest BCUT2D eigenvalue weighted by Gasteiger charge is -2.10. The molecule has 15 heavy (non-hydrogen) atoms. The molecule has 0 aromatic heterocycles. The van der Waals surface area contributed by atoms with Crippen molar-refractivity contribution in [3.8, 4) is 6.07 Å². The number of nitrogens with one attached hydrogen (secondary N) is 1. The quantitative estimate of drug-likeness (QED) is 0.602. The summed E-state index contributed by atoms with van der Waals surface area (Å²) in [6.07, 6.45) is 0. The largest absolute Gasteiger partial charge is 0.376 e. The Bertz CT molecular complexity index is 470. The molecule has 0 saturated carbocycles. The fraction of sp³-hybridized carbons (Fsp3) is 0. The predicted molar refractivity (Wildman–Crippen MR) is 66.9 cm³/mol. The van der Waals surface area contributed by atoms with Crippen molar-refractivity contribution in [2.24, 2.45) is 5.73 Å². The van der Waals surface area contributed by atoms with Gasteiger partial charge in [0.25, 0.3) is 0 Å². The van der Waals surface area contributed by atoms with Crippen LogP contribution >= 0.6 is 44.1 Å². The average molecular weight is 353 g/mol. The molecule has 0 bridgehead atoms. The van der Waals surface area contributed by atoms with Crippen molar-refractivity contribution in [3.05, 3.63) is 26.4 Å². The van der Waals surface area contributed by atoms with Crippen molar-refractivity contribution in [1.29, 1.82) is 5.26 Å². The number of nitriles is 1. The van der Waals surface area contributed by atoms with E-state index in [0.29, 0.717) is 4.47 Å². The van der Waals surface area contributed by atoms with Gasteiger partial charge in [-0.15, -0.1) is 0 Å². The summed E-state index contributed by atoms with van der Waals surface area (Å²) in [6.45, 7) is 0. The zero-order valence-corrected chi connectivity index (χ0v) is 11.1. The highest BCUT2D eigenvalue weighted by atomic mass is 79.9. The number of thiocarbonyl (C=S) groups is 1. The molecule has 0 radical (unpaired) electrons. The van der Waals surface area contributed by atoms with Crippen LogP contribution in [0.3, 0.4) is 0 Å². The number of nitrogens with two attached hydrogens (primary N) is 1. The maximum atomic E-state index is 13.5. The van der Waals surface area contributed by atoms with Crippen molar-refractivity contribution in [2.75, 3.05) is 5.32 Å². The van der Waals surface area contributed by atoms with Crippen molar-refractivity contribution in [2.45, 2.75) is 0 Å². The SMILES string of the molecule is N#Cc1c(F)c(Br)cc(Br)c1NC(N)=S. The van der Waals surface area contributed by atoms with Gasteiger partial charge in [-0.05, 0) is 50.1 Å². The summed E-state index contributed by atoms with van der Waals surface area (Å²) in [5, 5.41) is 11.3. The molecule has 0 saturated heterocycles. The highest BCUT2D eigenvalue weighted by Crippen LogP contribution is 2.33. The maximum Gasteiger partial charge on any atom is 0.168 e. The predicted octanol–water partition coefficient (Wildman–Crippen LogP) is 2.88. The van der Waals surface area contributed by atoms with Gasteiger partial charge >= 0.3 is 0 Å². The van der Waals surface area contributed by atoms with Crippen LogP contribution in [-0.2, 0) is 0 Å². The van der Waals surface area contributed by atoms with Crippen molar-refractivity contribution in [1.82, 2.24) is 0 Å². The monoisotopic (exact) mass is 351 g/mol. The van der Waals surface area contributed by atoms with Gasteiger partial charge in [0.15, 0.2) is 10.9 Å². The van der Waals surface area contributed by atoms with E-state index in [1.807, 2.05) is 0 Å². The molecule has 1 rings (SSSR count). The van der Waals surface area contributed by atoms with Gasteiger partial charge in [0.1, 0.15) is 11.6 Å². The second-order valence-corrected chi connectivity index (χ2v) is 4.65. The first-order chi connectivity index (χ1) is 6.97. The van der Waals surface area contributed by atoms with E-state index in [0.717, 1.165) is 0 Å². The summed E-state index contributed by atoms with van der Waals surface area (Å²) >= 11 is 10.8. The molecule has 1 aromatic carbocycles. The van der Waals surface area contributed by atoms with Crippen molar-refractivity contribution < 1.29 is 4.39 Å². The van der Waals surface area contributed by atoms with E-state index in [4.69, 9.17) is 11.0 Å². The molecular formula is C8H4Br2FN3S. The van der Waals surface area contributed by atoms with Crippen LogP contribution in [0.25, 0.3) is 0 Å². The van der Waals surface area contributed by atoms with Gasteiger partial charge in [-0.3, -0.25) is 0 Å². The third-order valence-electron chi connectivity index (χ3n) is 1.53. The maximum absolute atomic E-state index is 13.5. The van der Waals surface area contributed by atoms with Crippen molar-refractivity contribution >= 4 is 54.9 Å². The molecule has 3 nitrogen and oxygen atoms in total. The first-order valence-electron chi connectivity index (χ1n) is 3.61. The summed E-state index contributed by atoms with van der Waals surface area (Å²) in [5.41, 5.74) is 5.34. The van der Waals surface area contributed by atoms with Crippen LogP contribution in [0.15, 0.2) is 15.0 Å². The Morgan fingerprint density at radius 2 is 2.13 bits per heavy atom. The molecule has 0 spiro atoms. The summed E-state index contributed by atoms with van der Waals surface area (Å²) in [4.78, 5) is 0. The summed E-state index contributed by atoms with van der Waals surface area (Å²) in [5.74, 6) is -0.653. The Labute approximate surface area is 108 Å². The summed E-state index contributed by atoms with van der Waals surface area (Å²) < 4.78 is 14.2. The van der Waals surface area contributed by atoms with E-state index in [9.17, 15) is 4.39 Å². The van der Waals surface area contributed by atoms with Gasteiger partial charge < -0.3 is 11.1 Å². The number of hydrogen-bond donors (Lipinski definition) is 2. The van der Waals surface area contributed by atoms with E-state index in [-0.39, 0.29) is 20.8 Å². The fourth-order valence-corrected chi connectivity index (χ4v) is 2.31. The van der Waals surface area contributed by atoms with Crippen LogP contribution in [-0.4, -0.2) is 5.11 Å². The first kappa shape index (κ1) is 12.4. The van der Waals surface area contributed by atoms with Crippen molar-refractivity contribution in [3.63, 3.8) is 0 Å². The number of anilines is 1. The van der Waals surface area contributed by atoms with Gasteiger partial charge in [-0.25, -0.2) is 4.39 Å². The topological polar surface area (TPSA) is 61.8 Å². The van der Waals surface area contributed by atoms with Gasteiger partial charge in [0, 0.05) is 4.47 Å². The number of halogens is 3. The van der Waals surface area contributed by atoms with Crippen LogP contribution in [0.4, 0.5) is 10.1 Å². The van der Waals surface area contributed by atoms with Crippen LogP contribution in [0.1, 0.15) is 5.56 Å². The van der Waals surface area contributed by atoms with E-state index in [1.165, 1.54) is 6.07 Å². The lowest BCUT2D eigenvalue weighted by atomic mass is 10.2. The van der Waals surface area contributed by atoms with E-state index < -0.39 is 5.82 Å². The third-order valence-corrected chi connectivity index (χ3v) is 2.84. The smallest absolute Gasteiger partial charge is 0.168 e. The molecule has 1 aromatic rings. The lowest BCUT2D eigenvalue weighted by Crippen LogP contribution is -2.20. The van der Waals surface area contributed by atoms with Crippen LogP contribution < -0.4 is 11.1 Å². The number of nitrogens with zero attached hydrogens (tertiary/aromatic N) is 1. The Morgan fingerprint density at radius 3 is 2.60 bits per heavy atom. The number of rotatable bonds is 1. The second kappa shape index (κ2) is 4.88. The normalized spacial score (nSPS) is 9.47. The zero-order chi connectivity index (χ0) is 11.6. The molecule has 0 heterocycles. The van der Waals surface area contributed by atoms with Gasteiger partial charge in [0.05, 0.1) is 10.2 Å². The Kier molecular flexibility index (Phi) is 4.02. The third kappa shape index (κ3) is 2.65. The average Bonchev–Trinajstić information content (AvgIpc) is 2.14. The molecular weight excluding hydrogens is 349 g/mol. The Balaban J connectivity index is 3.43. The minimum atomic E-state index is -0.653. The number of hydrogen-bond acceptors (Lipinski definition) is 2. The number of benzene rings is 1. The highest BCUT2D eigenvalue weighted by Gasteiger charge is 2.16. The fourth-order valence-electron chi connectivity index (χ4n) is 0.946. The minimum absolute atomic E-state index is 0.0334. The molecule has 78 valence electrons. The van der Waals surface area contributed by atoms with Gasteiger partial charge in [-0.2, -0.15) is 5.26 Å². The molecule has 0 aliphatic carbocycles. The van der Waals surface area contributed by atoms with E-state index in [2.05, 4.69) is 49.4 Å². The Hall–Kier alpha value is -0.710. The van der Waals surface area contributed by atoms with E-state index in [1.54, 1.807) is 6.07 Å². The molecule has 0 amide bonds. The molecule has 0 aliphatic rings. The summed E-state index contributed by atoms with van der Waals surface area (Å²) in [6, 6.07) is 3.21. The van der Waals surface area contributed by atoms with Crippen LogP contribution in [0.5, 0.6) is 0 Å². The van der Waals surface area contributed by atoms with Crippen LogP contribution in [0, 0.1) is 17.1 Å². The molecule has 7 heteroatoms. The lowest BCUT2D eigenvalue weighted by molar-refractivity contribution is 0.617. The standard InChI is InChI=1S/C8H4Br2FN3S/c9-4-1-5(10)7(14-8(13)15)3(2-12)6(4)11/h1H,(H3,13,14,15). The molecule has 3 N–H and O–H groups in total. The van der Waals surface area contributed by atoms with E-state index >= 15 is 0 Å². The van der Waals surface area contributed by atoms with Crippen LogP contribution in [0.2, 0.25) is 0 Å². The summed E-state index contributed by atoms with van der Waals surface area (Å²) in [7, 11) is 0. The molecule has 0 fully saturated rings. The Morgan fingerprint density at radius 1 is 1.53 bits per heavy atom. The highest BCUT2D eigenvalue weighted by molar-refractivity contribution is 9.11. The second-order valence-electron chi connectivity index (χ2n) is 2.51.